The minimum atomic E-state index is 0.337. The van der Waals surface area contributed by atoms with Crippen molar-refractivity contribution < 1.29 is 5.11 Å². The van der Waals surface area contributed by atoms with Crippen LogP contribution in [0.5, 0.6) is 0 Å². The first-order valence-corrected chi connectivity index (χ1v) is 6.60. The van der Waals surface area contributed by atoms with Crippen LogP contribution in [0.2, 0.25) is 0 Å². The van der Waals surface area contributed by atoms with Gasteiger partial charge >= 0.3 is 0 Å². The van der Waals surface area contributed by atoms with E-state index in [0.29, 0.717) is 12.5 Å². The zero-order valence-electron chi connectivity index (χ0n) is 11.3. The van der Waals surface area contributed by atoms with Gasteiger partial charge in [-0.25, -0.2) is 0 Å². The van der Waals surface area contributed by atoms with E-state index in [1.807, 2.05) is 0 Å². The van der Waals surface area contributed by atoms with Crippen molar-refractivity contribution >= 4 is 0 Å². The lowest BCUT2D eigenvalue weighted by molar-refractivity contribution is 0.205. The molecule has 0 aliphatic carbocycles. The normalized spacial score (nSPS) is 19.6. The maximum absolute atomic E-state index is 9.00. The molecule has 0 aliphatic rings. The third-order valence-electron chi connectivity index (χ3n) is 3.42. The van der Waals surface area contributed by atoms with Crippen molar-refractivity contribution in [2.24, 2.45) is 23.7 Å². The first kappa shape index (κ1) is 15.0. The molecule has 0 saturated carbocycles. The van der Waals surface area contributed by atoms with Gasteiger partial charge in [0.15, 0.2) is 0 Å². The van der Waals surface area contributed by atoms with Gasteiger partial charge in [-0.05, 0) is 42.9 Å². The van der Waals surface area contributed by atoms with Gasteiger partial charge in [-0.2, -0.15) is 0 Å². The highest BCUT2D eigenvalue weighted by Crippen LogP contribution is 2.24. The lowest BCUT2D eigenvalue weighted by Gasteiger charge is -2.21. The summed E-state index contributed by atoms with van der Waals surface area (Å²) in [5.41, 5.74) is 0. The Hall–Kier alpha value is -0.0400. The molecule has 1 heteroatoms. The van der Waals surface area contributed by atoms with Crippen molar-refractivity contribution in [1.29, 1.82) is 0 Å². The van der Waals surface area contributed by atoms with Crippen molar-refractivity contribution in [3.63, 3.8) is 0 Å². The molecule has 0 saturated heterocycles. The number of hydrogen-bond donors (Lipinski definition) is 1. The Morgan fingerprint density at radius 2 is 1.13 bits per heavy atom. The average molecular weight is 214 g/mol. The molecule has 1 N–H and O–H groups in total. The summed E-state index contributed by atoms with van der Waals surface area (Å²) in [5, 5.41) is 9.00. The van der Waals surface area contributed by atoms with E-state index in [1.165, 1.54) is 25.7 Å². The lowest BCUT2D eigenvalue weighted by atomic mass is 9.85. The molecule has 0 aromatic heterocycles. The van der Waals surface area contributed by atoms with E-state index in [0.717, 1.165) is 17.8 Å². The van der Waals surface area contributed by atoms with Gasteiger partial charge in [0.2, 0.25) is 0 Å². The molecule has 4 unspecified atom stereocenters. The molecule has 0 amide bonds. The monoisotopic (exact) mass is 214 g/mol. The Morgan fingerprint density at radius 3 is 1.53 bits per heavy atom. The Balaban J connectivity index is 3.70. The van der Waals surface area contributed by atoms with E-state index >= 15 is 0 Å². The predicted octanol–water partition coefficient (Wildman–Crippen LogP) is 4.10. The maximum Gasteiger partial charge on any atom is 0.0456 e. The SMILES string of the molecule is CCC(C)CC(C)CC(C)CC(C)CO. The first-order chi connectivity index (χ1) is 6.99. The molecule has 1 nitrogen and oxygen atoms in total. The fourth-order valence-electron chi connectivity index (χ4n) is 2.49. The van der Waals surface area contributed by atoms with E-state index in [9.17, 15) is 0 Å². The highest BCUT2D eigenvalue weighted by molar-refractivity contribution is 4.65. The van der Waals surface area contributed by atoms with Gasteiger partial charge in [0.05, 0.1) is 0 Å². The Labute approximate surface area is 96.3 Å². The molecule has 15 heavy (non-hydrogen) atoms. The molecule has 0 aliphatic heterocycles. The number of aliphatic hydroxyl groups excluding tert-OH is 1. The van der Waals surface area contributed by atoms with Crippen LogP contribution >= 0.6 is 0 Å². The largest absolute Gasteiger partial charge is 0.396 e. The molecule has 0 heterocycles. The van der Waals surface area contributed by atoms with Gasteiger partial charge in [0.1, 0.15) is 0 Å². The molecular formula is C14H30O. The quantitative estimate of drug-likeness (QED) is 0.645. The summed E-state index contributed by atoms with van der Waals surface area (Å²) in [4.78, 5) is 0. The van der Waals surface area contributed by atoms with Crippen LogP contribution in [-0.2, 0) is 0 Å². The van der Waals surface area contributed by atoms with Crippen LogP contribution in [0, 0.1) is 23.7 Å². The van der Waals surface area contributed by atoms with E-state index in [-0.39, 0.29) is 0 Å². The Morgan fingerprint density at radius 1 is 0.733 bits per heavy atom. The van der Waals surface area contributed by atoms with Gasteiger partial charge in [0, 0.05) is 6.61 Å². The molecule has 0 spiro atoms. The van der Waals surface area contributed by atoms with Crippen molar-refractivity contribution in [2.45, 2.75) is 60.3 Å². The second-order valence-corrected chi connectivity index (χ2v) is 5.72. The van der Waals surface area contributed by atoms with Gasteiger partial charge in [0.25, 0.3) is 0 Å². The maximum atomic E-state index is 9.00. The molecule has 0 aromatic carbocycles. The molecule has 0 rings (SSSR count). The van der Waals surface area contributed by atoms with Crippen molar-refractivity contribution in [3.8, 4) is 0 Å². The van der Waals surface area contributed by atoms with Gasteiger partial charge in [-0.15, -0.1) is 0 Å². The van der Waals surface area contributed by atoms with Crippen LogP contribution in [0.1, 0.15) is 60.3 Å². The molecule has 0 radical (unpaired) electrons. The summed E-state index contributed by atoms with van der Waals surface area (Å²) in [7, 11) is 0. The van der Waals surface area contributed by atoms with Gasteiger partial charge in [-0.1, -0.05) is 41.0 Å². The molecule has 4 atom stereocenters. The van der Waals surface area contributed by atoms with E-state index in [2.05, 4.69) is 34.6 Å². The minimum absolute atomic E-state index is 0.337. The van der Waals surface area contributed by atoms with Gasteiger partial charge in [-0.3, -0.25) is 0 Å². The van der Waals surface area contributed by atoms with Crippen LogP contribution in [0.25, 0.3) is 0 Å². The zero-order chi connectivity index (χ0) is 11.8. The van der Waals surface area contributed by atoms with Crippen molar-refractivity contribution in [1.82, 2.24) is 0 Å². The van der Waals surface area contributed by atoms with Crippen LogP contribution in [0.15, 0.2) is 0 Å². The van der Waals surface area contributed by atoms with Crippen LogP contribution in [-0.4, -0.2) is 11.7 Å². The van der Waals surface area contributed by atoms with Crippen molar-refractivity contribution in [2.75, 3.05) is 6.61 Å². The third kappa shape index (κ3) is 7.84. The summed E-state index contributed by atoms with van der Waals surface area (Å²) < 4.78 is 0. The number of hydrogen-bond acceptors (Lipinski definition) is 1. The second kappa shape index (κ2) is 8.15. The van der Waals surface area contributed by atoms with Crippen LogP contribution < -0.4 is 0 Å². The average Bonchev–Trinajstić information content (AvgIpc) is 2.16. The van der Waals surface area contributed by atoms with Crippen LogP contribution in [0.4, 0.5) is 0 Å². The van der Waals surface area contributed by atoms with Gasteiger partial charge < -0.3 is 5.11 Å². The Kier molecular flexibility index (Phi) is 8.13. The molecule has 92 valence electrons. The summed E-state index contributed by atoms with van der Waals surface area (Å²) >= 11 is 0. The molecule has 0 bridgehead atoms. The molecule has 0 fully saturated rings. The summed E-state index contributed by atoms with van der Waals surface area (Å²) in [6.45, 7) is 11.8. The zero-order valence-corrected chi connectivity index (χ0v) is 11.3. The summed E-state index contributed by atoms with van der Waals surface area (Å²) in [6, 6.07) is 0. The molecule has 0 aromatic rings. The summed E-state index contributed by atoms with van der Waals surface area (Å²) in [5.74, 6) is 2.92. The van der Waals surface area contributed by atoms with Crippen LogP contribution in [0.3, 0.4) is 0 Å². The predicted molar refractivity (Wildman–Crippen MR) is 67.9 cm³/mol. The summed E-state index contributed by atoms with van der Waals surface area (Å²) in [6.07, 6.45) is 5.14. The van der Waals surface area contributed by atoms with E-state index in [1.54, 1.807) is 0 Å². The highest BCUT2D eigenvalue weighted by Gasteiger charge is 2.13. The lowest BCUT2D eigenvalue weighted by Crippen LogP contribution is -2.11. The van der Waals surface area contributed by atoms with Crippen molar-refractivity contribution in [3.05, 3.63) is 0 Å². The smallest absolute Gasteiger partial charge is 0.0456 e. The fraction of sp³-hybridized carbons (Fsp3) is 1.00. The molecular weight excluding hydrogens is 184 g/mol. The topological polar surface area (TPSA) is 20.2 Å². The van der Waals surface area contributed by atoms with E-state index in [4.69, 9.17) is 5.11 Å². The third-order valence-corrected chi connectivity index (χ3v) is 3.42. The second-order valence-electron chi connectivity index (χ2n) is 5.72. The standard InChI is InChI=1S/C14H30O/c1-6-11(2)7-12(3)8-13(4)9-14(5)10-15/h11-15H,6-10H2,1-5H3. The fourth-order valence-corrected chi connectivity index (χ4v) is 2.49. The number of rotatable bonds is 8. The Bertz CT molecular complexity index is 128. The van der Waals surface area contributed by atoms with E-state index < -0.39 is 0 Å². The number of aliphatic hydroxyl groups is 1. The highest BCUT2D eigenvalue weighted by atomic mass is 16.3. The minimum Gasteiger partial charge on any atom is -0.396 e. The first-order valence-electron chi connectivity index (χ1n) is 6.60.